The Labute approximate surface area is 146 Å². The van der Waals surface area contributed by atoms with Gasteiger partial charge in [-0.25, -0.2) is 4.98 Å². The molecule has 0 aliphatic heterocycles. The standard InChI is InChI=1S/C17H23N7O/c1-11(2)24-10-20-14-15(21-12-5-4-6-13(9-12)25-3)22-17(19-8-7-18)23-16(14)24/h4-6,9-11H,7-8,18H2,1-3H3,(H2,19,21,22,23). The topological polar surface area (TPSA) is 103 Å². The molecule has 0 spiro atoms. The Morgan fingerprint density at radius 1 is 1.28 bits per heavy atom. The third-order valence-electron chi connectivity index (χ3n) is 3.74. The number of nitrogens with two attached hydrogens (primary N) is 1. The van der Waals surface area contributed by atoms with Crippen molar-refractivity contribution in [3.8, 4) is 5.75 Å². The number of imidazole rings is 1. The van der Waals surface area contributed by atoms with Crippen LogP contribution in [0, 0.1) is 0 Å². The van der Waals surface area contributed by atoms with Gasteiger partial charge in [0.1, 0.15) is 5.75 Å². The van der Waals surface area contributed by atoms with Crippen LogP contribution in [0.1, 0.15) is 19.9 Å². The number of ether oxygens (including phenoxy) is 1. The first kappa shape index (κ1) is 17.0. The van der Waals surface area contributed by atoms with E-state index in [9.17, 15) is 0 Å². The zero-order chi connectivity index (χ0) is 17.8. The molecule has 0 saturated heterocycles. The van der Waals surface area contributed by atoms with Crippen LogP contribution in [-0.4, -0.2) is 39.7 Å². The second-order valence-corrected chi connectivity index (χ2v) is 5.89. The molecule has 3 rings (SSSR count). The van der Waals surface area contributed by atoms with Crippen LogP contribution < -0.4 is 21.1 Å². The van der Waals surface area contributed by atoms with E-state index in [1.807, 2.05) is 28.8 Å². The van der Waals surface area contributed by atoms with Gasteiger partial charge in [0.05, 0.1) is 13.4 Å². The molecule has 0 saturated carbocycles. The van der Waals surface area contributed by atoms with E-state index in [1.165, 1.54) is 0 Å². The Morgan fingerprint density at radius 2 is 2.12 bits per heavy atom. The summed E-state index contributed by atoms with van der Waals surface area (Å²) in [7, 11) is 1.64. The molecule has 4 N–H and O–H groups in total. The van der Waals surface area contributed by atoms with Crippen molar-refractivity contribution in [1.82, 2.24) is 19.5 Å². The highest BCUT2D eigenvalue weighted by Gasteiger charge is 2.15. The lowest BCUT2D eigenvalue weighted by Gasteiger charge is -2.12. The fraction of sp³-hybridized carbons (Fsp3) is 0.353. The van der Waals surface area contributed by atoms with E-state index in [4.69, 9.17) is 10.5 Å². The van der Waals surface area contributed by atoms with Crippen LogP contribution in [0.2, 0.25) is 0 Å². The normalized spacial score (nSPS) is 11.1. The van der Waals surface area contributed by atoms with E-state index in [-0.39, 0.29) is 6.04 Å². The van der Waals surface area contributed by atoms with Crippen molar-refractivity contribution >= 4 is 28.6 Å². The van der Waals surface area contributed by atoms with E-state index >= 15 is 0 Å². The van der Waals surface area contributed by atoms with Gasteiger partial charge in [-0.05, 0) is 26.0 Å². The van der Waals surface area contributed by atoms with Crippen molar-refractivity contribution in [3.63, 3.8) is 0 Å². The van der Waals surface area contributed by atoms with Crippen molar-refractivity contribution < 1.29 is 4.74 Å². The number of hydrogen-bond acceptors (Lipinski definition) is 7. The number of nitrogens with one attached hydrogen (secondary N) is 2. The SMILES string of the molecule is COc1cccc(Nc2nc(NCCN)nc3c2ncn3C(C)C)c1. The molecule has 0 aliphatic carbocycles. The molecule has 0 radical (unpaired) electrons. The Kier molecular flexibility index (Phi) is 4.99. The van der Waals surface area contributed by atoms with E-state index in [0.29, 0.717) is 24.9 Å². The summed E-state index contributed by atoms with van der Waals surface area (Å²) >= 11 is 0. The highest BCUT2D eigenvalue weighted by molar-refractivity contribution is 5.86. The van der Waals surface area contributed by atoms with Gasteiger partial charge in [-0.3, -0.25) is 0 Å². The van der Waals surface area contributed by atoms with Gasteiger partial charge in [0, 0.05) is 30.9 Å². The molecule has 2 aromatic heterocycles. The van der Waals surface area contributed by atoms with Crippen LogP contribution in [0.3, 0.4) is 0 Å². The summed E-state index contributed by atoms with van der Waals surface area (Å²) in [5, 5.41) is 6.45. The molecule has 3 aromatic rings. The zero-order valence-electron chi connectivity index (χ0n) is 14.7. The molecule has 0 bridgehead atoms. The van der Waals surface area contributed by atoms with Gasteiger partial charge >= 0.3 is 0 Å². The summed E-state index contributed by atoms with van der Waals surface area (Å²) in [6.07, 6.45) is 1.79. The molecule has 8 nitrogen and oxygen atoms in total. The number of rotatable bonds is 7. The van der Waals surface area contributed by atoms with Gasteiger partial charge in [-0.2, -0.15) is 9.97 Å². The summed E-state index contributed by atoms with van der Waals surface area (Å²) in [4.78, 5) is 13.6. The van der Waals surface area contributed by atoms with Crippen LogP contribution in [0.25, 0.3) is 11.2 Å². The molecule has 132 valence electrons. The number of methoxy groups -OCH3 is 1. The Morgan fingerprint density at radius 3 is 2.84 bits per heavy atom. The summed E-state index contributed by atoms with van der Waals surface area (Å²) in [5.41, 5.74) is 7.93. The Balaban J connectivity index is 2.05. The first-order valence-corrected chi connectivity index (χ1v) is 8.22. The number of aromatic nitrogens is 4. The maximum absolute atomic E-state index is 5.58. The largest absolute Gasteiger partial charge is 0.497 e. The summed E-state index contributed by atoms with van der Waals surface area (Å²) in [6.45, 7) is 5.28. The van der Waals surface area contributed by atoms with E-state index in [2.05, 4.69) is 39.4 Å². The van der Waals surface area contributed by atoms with Crippen LogP contribution in [0.15, 0.2) is 30.6 Å². The molecule has 0 fully saturated rings. The van der Waals surface area contributed by atoms with Gasteiger partial charge in [0.25, 0.3) is 0 Å². The van der Waals surface area contributed by atoms with Crippen LogP contribution in [-0.2, 0) is 0 Å². The quantitative estimate of drug-likeness (QED) is 0.607. The second-order valence-electron chi connectivity index (χ2n) is 5.89. The third kappa shape index (κ3) is 3.63. The number of nitrogens with zero attached hydrogens (tertiary/aromatic N) is 4. The number of fused-ring (bicyclic) bond motifs is 1. The van der Waals surface area contributed by atoms with Gasteiger partial charge in [-0.15, -0.1) is 0 Å². The average Bonchev–Trinajstić information content (AvgIpc) is 3.04. The highest BCUT2D eigenvalue weighted by Crippen LogP contribution is 2.27. The lowest BCUT2D eigenvalue weighted by Crippen LogP contribution is -2.15. The molecule has 1 aromatic carbocycles. The first-order valence-electron chi connectivity index (χ1n) is 8.22. The molecule has 0 aliphatic rings. The highest BCUT2D eigenvalue weighted by atomic mass is 16.5. The predicted octanol–water partition coefficient (Wildman–Crippen LogP) is 2.53. The van der Waals surface area contributed by atoms with Crippen LogP contribution >= 0.6 is 0 Å². The molecular weight excluding hydrogens is 318 g/mol. The fourth-order valence-electron chi connectivity index (χ4n) is 2.48. The van der Waals surface area contributed by atoms with Crippen molar-refractivity contribution in [3.05, 3.63) is 30.6 Å². The van der Waals surface area contributed by atoms with Gasteiger partial charge in [0.15, 0.2) is 17.0 Å². The monoisotopic (exact) mass is 341 g/mol. The van der Waals surface area contributed by atoms with E-state index in [0.717, 1.165) is 22.6 Å². The maximum atomic E-state index is 5.58. The second kappa shape index (κ2) is 7.35. The van der Waals surface area contributed by atoms with Gasteiger partial charge in [-0.1, -0.05) is 6.07 Å². The lowest BCUT2D eigenvalue weighted by molar-refractivity contribution is 0.415. The van der Waals surface area contributed by atoms with Crippen molar-refractivity contribution in [2.75, 3.05) is 30.8 Å². The molecule has 2 heterocycles. The molecule has 0 atom stereocenters. The first-order chi connectivity index (χ1) is 12.1. The summed E-state index contributed by atoms with van der Waals surface area (Å²) in [6, 6.07) is 7.90. The zero-order valence-corrected chi connectivity index (χ0v) is 14.7. The minimum Gasteiger partial charge on any atom is -0.497 e. The Bertz CT molecular complexity index is 859. The van der Waals surface area contributed by atoms with Crippen molar-refractivity contribution in [2.24, 2.45) is 5.73 Å². The number of benzene rings is 1. The lowest BCUT2D eigenvalue weighted by atomic mass is 10.3. The van der Waals surface area contributed by atoms with Crippen LogP contribution in [0.4, 0.5) is 17.5 Å². The Hall–Kier alpha value is -2.87. The van der Waals surface area contributed by atoms with Crippen LogP contribution in [0.5, 0.6) is 5.75 Å². The molecule has 25 heavy (non-hydrogen) atoms. The van der Waals surface area contributed by atoms with Crippen molar-refractivity contribution in [2.45, 2.75) is 19.9 Å². The third-order valence-corrected chi connectivity index (χ3v) is 3.74. The molecule has 0 amide bonds. The number of hydrogen-bond donors (Lipinski definition) is 3. The minimum atomic E-state index is 0.243. The fourth-order valence-corrected chi connectivity index (χ4v) is 2.48. The minimum absolute atomic E-state index is 0.243. The average molecular weight is 341 g/mol. The van der Waals surface area contributed by atoms with E-state index in [1.54, 1.807) is 13.4 Å². The van der Waals surface area contributed by atoms with Crippen molar-refractivity contribution in [1.29, 1.82) is 0 Å². The molecule has 8 heteroatoms. The summed E-state index contributed by atoms with van der Waals surface area (Å²) < 4.78 is 7.29. The van der Waals surface area contributed by atoms with Gasteiger partial charge in [0.2, 0.25) is 5.95 Å². The smallest absolute Gasteiger partial charge is 0.226 e. The number of anilines is 3. The molecule has 0 unspecified atom stereocenters. The predicted molar refractivity (Wildman–Crippen MR) is 99.5 cm³/mol. The van der Waals surface area contributed by atoms with E-state index < -0.39 is 0 Å². The van der Waals surface area contributed by atoms with Gasteiger partial charge < -0.3 is 25.7 Å². The molecular formula is C17H23N7O. The summed E-state index contributed by atoms with van der Waals surface area (Å²) in [5.74, 6) is 1.92. The maximum Gasteiger partial charge on any atom is 0.226 e.